The van der Waals surface area contributed by atoms with Crippen molar-refractivity contribution in [2.24, 2.45) is 5.73 Å². The summed E-state index contributed by atoms with van der Waals surface area (Å²) in [7, 11) is 1.49. The van der Waals surface area contributed by atoms with Crippen LogP contribution in [0, 0.1) is 0 Å². The summed E-state index contributed by atoms with van der Waals surface area (Å²) in [6, 6.07) is 6.47. The number of nitrogens with one attached hydrogen (secondary N) is 1. The smallest absolute Gasteiger partial charge is 0.260 e. The van der Waals surface area contributed by atoms with E-state index in [2.05, 4.69) is 5.32 Å². The lowest BCUT2D eigenvalue weighted by Gasteiger charge is -2.11. The quantitative estimate of drug-likeness (QED) is 0.849. The van der Waals surface area contributed by atoms with Gasteiger partial charge in [-0.1, -0.05) is 12.2 Å². The van der Waals surface area contributed by atoms with Crippen LogP contribution in [0.25, 0.3) is 0 Å². The van der Waals surface area contributed by atoms with Gasteiger partial charge in [0.15, 0.2) is 0 Å². The van der Waals surface area contributed by atoms with E-state index in [1.54, 1.807) is 18.2 Å². The zero-order chi connectivity index (χ0) is 14.7. The maximum absolute atomic E-state index is 12.0. The van der Waals surface area contributed by atoms with Crippen LogP contribution in [0.4, 0.5) is 5.69 Å². The molecule has 0 aliphatic carbocycles. The van der Waals surface area contributed by atoms with Crippen LogP contribution < -0.4 is 15.8 Å². The monoisotopic (exact) mass is 310 g/mol. The third-order valence-electron chi connectivity index (χ3n) is 2.60. The van der Waals surface area contributed by atoms with Crippen molar-refractivity contribution in [1.29, 1.82) is 0 Å². The molecule has 1 heterocycles. The molecule has 2 aromatic rings. The fourth-order valence-corrected chi connectivity index (χ4v) is 1.92. The van der Waals surface area contributed by atoms with Crippen molar-refractivity contribution in [1.82, 2.24) is 0 Å². The van der Waals surface area contributed by atoms with Gasteiger partial charge in [0.1, 0.15) is 10.7 Å². The molecule has 3 N–H and O–H groups in total. The topological polar surface area (TPSA) is 77.5 Å². The summed E-state index contributed by atoms with van der Waals surface area (Å²) >= 11 is 10.6. The zero-order valence-electron chi connectivity index (χ0n) is 10.5. The molecule has 2 rings (SSSR count). The molecule has 0 spiro atoms. The van der Waals surface area contributed by atoms with E-state index in [1.165, 1.54) is 19.4 Å². The Kier molecular flexibility index (Phi) is 4.26. The molecule has 7 heteroatoms. The molecule has 1 aromatic heterocycles. The lowest BCUT2D eigenvalue weighted by molar-refractivity contribution is 0.102. The number of hydrogen-bond acceptors (Lipinski definition) is 4. The summed E-state index contributed by atoms with van der Waals surface area (Å²) in [6.45, 7) is 0. The lowest BCUT2D eigenvalue weighted by atomic mass is 10.2. The molecule has 0 aliphatic rings. The van der Waals surface area contributed by atoms with Crippen LogP contribution in [0.5, 0.6) is 5.75 Å². The number of methoxy groups -OCH3 is 1. The van der Waals surface area contributed by atoms with Gasteiger partial charge in [-0.05, 0) is 35.9 Å². The molecule has 0 atom stereocenters. The maximum atomic E-state index is 12.0. The molecule has 0 fully saturated rings. The SMILES string of the molecule is COc1cc(C(N)=S)ccc1NC(=O)c1ccoc1Cl. The predicted molar refractivity (Wildman–Crippen MR) is 80.6 cm³/mol. The van der Waals surface area contributed by atoms with E-state index in [0.717, 1.165) is 0 Å². The number of furan rings is 1. The fourth-order valence-electron chi connectivity index (χ4n) is 1.59. The number of halogens is 1. The first kappa shape index (κ1) is 14.4. The number of thiocarbonyl (C=S) groups is 1. The van der Waals surface area contributed by atoms with Gasteiger partial charge >= 0.3 is 0 Å². The number of benzene rings is 1. The second-order valence-corrected chi connectivity index (χ2v) is 4.62. The second-order valence-electron chi connectivity index (χ2n) is 3.84. The van der Waals surface area contributed by atoms with Crippen molar-refractivity contribution in [3.05, 3.63) is 46.9 Å². The summed E-state index contributed by atoms with van der Waals surface area (Å²) in [5.74, 6) is 0.0494. The van der Waals surface area contributed by atoms with Gasteiger partial charge in [-0.15, -0.1) is 0 Å². The Morgan fingerprint density at radius 3 is 2.75 bits per heavy atom. The number of carbonyl (C=O) groups excluding carboxylic acids is 1. The van der Waals surface area contributed by atoms with Gasteiger partial charge in [0, 0.05) is 5.56 Å². The molecule has 0 aliphatic heterocycles. The standard InChI is InChI=1S/C13H11ClN2O3S/c1-18-10-6-7(12(15)20)2-3-9(10)16-13(17)8-4-5-19-11(8)14/h2-6H,1H3,(H2,15,20)(H,16,17). The summed E-state index contributed by atoms with van der Waals surface area (Å²) in [5, 5.41) is 2.71. The molecule has 1 aromatic carbocycles. The van der Waals surface area contributed by atoms with Crippen LogP contribution in [0.3, 0.4) is 0 Å². The van der Waals surface area contributed by atoms with Gasteiger partial charge in [0.2, 0.25) is 5.22 Å². The molecule has 0 radical (unpaired) electrons. The Bertz CT molecular complexity index is 669. The first-order chi connectivity index (χ1) is 9.52. The summed E-state index contributed by atoms with van der Waals surface area (Å²) < 4.78 is 10.1. The number of hydrogen-bond donors (Lipinski definition) is 2. The number of amides is 1. The number of carbonyl (C=O) groups is 1. The minimum atomic E-state index is -0.398. The number of anilines is 1. The minimum absolute atomic E-state index is 0.0289. The highest BCUT2D eigenvalue weighted by atomic mass is 35.5. The maximum Gasteiger partial charge on any atom is 0.260 e. The Morgan fingerprint density at radius 2 is 2.20 bits per heavy atom. The van der Waals surface area contributed by atoms with Crippen molar-refractivity contribution in [3.8, 4) is 5.75 Å². The van der Waals surface area contributed by atoms with Crippen molar-refractivity contribution >= 4 is 40.4 Å². The van der Waals surface area contributed by atoms with E-state index >= 15 is 0 Å². The van der Waals surface area contributed by atoms with Crippen LogP contribution in [-0.2, 0) is 0 Å². The number of ether oxygens (including phenoxy) is 1. The molecular weight excluding hydrogens is 300 g/mol. The van der Waals surface area contributed by atoms with Crippen LogP contribution in [0.15, 0.2) is 34.9 Å². The Hall–Kier alpha value is -2.05. The van der Waals surface area contributed by atoms with Gasteiger partial charge in [0.25, 0.3) is 5.91 Å². The van der Waals surface area contributed by atoms with Crippen LogP contribution in [0.2, 0.25) is 5.22 Å². The van der Waals surface area contributed by atoms with Gasteiger partial charge in [-0.2, -0.15) is 0 Å². The zero-order valence-corrected chi connectivity index (χ0v) is 12.0. The van der Waals surface area contributed by atoms with Crippen LogP contribution in [-0.4, -0.2) is 18.0 Å². The normalized spacial score (nSPS) is 10.1. The van der Waals surface area contributed by atoms with E-state index < -0.39 is 5.91 Å². The molecule has 0 bridgehead atoms. The first-order valence-electron chi connectivity index (χ1n) is 5.55. The van der Waals surface area contributed by atoms with Crippen molar-refractivity contribution in [2.45, 2.75) is 0 Å². The third-order valence-corrected chi connectivity index (χ3v) is 3.13. The van der Waals surface area contributed by atoms with E-state index in [-0.39, 0.29) is 15.8 Å². The highest BCUT2D eigenvalue weighted by molar-refractivity contribution is 7.80. The molecule has 0 unspecified atom stereocenters. The van der Waals surface area contributed by atoms with Crippen molar-refractivity contribution in [2.75, 3.05) is 12.4 Å². The highest BCUT2D eigenvalue weighted by Gasteiger charge is 2.15. The number of rotatable bonds is 4. The van der Waals surface area contributed by atoms with Gasteiger partial charge in [0.05, 0.1) is 24.6 Å². The Balaban J connectivity index is 2.27. The van der Waals surface area contributed by atoms with E-state index in [9.17, 15) is 4.79 Å². The number of nitrogens with two attached hydrogens (primary N) is 1. The lowest BCUT2D eigenvalue weighted by Crippen LogP contribution is -2.14. The average Bonchev–Trinajstić information content (AvgIpc) is 2.85. The van der Waals surface area contributed by atoms with Crippen LogP contribution >= 0.6 is 23.8 Å². The largest absolute Gasteiger partial charge is 0.495 e. The van der Waals surface area contributed by atoms with Gasteiger partial charge < -0.3 is 20.2 Å². The van der Waals surface area contributed by atoms with Crippen LogP contribution in [0.1, 0.15) is 15.9 Å². The Labute approximate surface area is 125 Å². The summed E-state index contributed by atoms with van der Waals surface area (Å²) in [5.41, 5.74) is 6.92. The molecular formula is C13H11ClN2O3S. The second kappa shape index (κ2) is 5.94. The Morgan fingerprint density at radius 1 is 1.45 bits per heavy atom. The third kappa shape index (κ3) is 2.92. The molecule has 0 saturated carbocycles. The van der Waals surface area contributed by atoms with Crippen molar-refractivity contribution in [3.63, 3.8) is 0 Å². The van der Waals surface area contributed by atoms with Gasteiger partial charge in [-0.25, -0.2) is 0 Å². The molecule has 1 amide bonds. The fraction of sp³-hybridized carbons (Fsp3) is 0.0769. The summed E-state index contributed by atoms with van der Waals surface area (Å²) in [6.07, 6.45) is 1.34. The summed E-state index contributed by atoms with van der Waals surface area (Å²) in [4.78, 5) is 12.3. The predicted octanol–water partition coefficient (Wildman–Crippen LogP) is 2.83. The van der Waals surface area contributed by atoms with E-state index in [1.807, 2.05) is 0 Å². The van der Waals surface area contributed by atoms with E-state index in [0.29, 0.717) is 17.0 Å². The van der Waals surface area contributed by atoms with Gasteiger partial charge in [-0.3, -0.25) is 4.79 Å². The van der Waals surface area contributed by atoms with Crippen molar-refractivity contribution < 1.29 is 13.9 Å². The first-order valence-corrected chi connectivity index (χ1v) is 6.33. The van der Waals surface area contributed by atoms with E-state index in [4.69, 9.17) is 38.7 Å². The molecule has 0 saturated heterocycles. The molecule has 104 valence electrons. The average molecular weight is 311 g/mol. The molecule has 5 nitrogen and oxygen atoms in total. The molecule has 20 heavy (non-hydrogen) atoms. The highest BCUT2D eigenvalue weighted by Crippen LogP contribution is 2.27. The minimum Gasteiger partial charge on any atom is -0.495 e.